The molecular weight excluding hydrogens is 214 g/mol. The van der Waals surface area contributed by atoms with Gasteiger partial charge in [-0.15, -0.1) is 11.6 Å². The molecule has 1 unspecified atom stereocenters. The second-order valence-electron chi connectivity index (χ2n) is 3.97. The molecule has 0 saturated heterocycles. The zero-order valence-corrected chi connectivity index (χ0v) is 10.7. The standard InChI is InChI=1S/C11H24ClNO2/c1-13(9-11(14)10-15-2)8-6-4-3-5-7-12/h11,14H,3-10H2,1-2H3. The number of aliphatic hydroxyl groups excluding tert-OH is 1. The van der Waals surface area contributed by atoms with Crippen LogP contribution in [0.4, 0.5) is 0 Å². The van der Waals surface area contributed by atoms with Gasteiger partial charge >= 0.3 is 0 Å². The predicted octanol–water partition coefficient (Wildman–Crippen LogP) is 1.72. The van der Waals surface area contributed by atoms with E-state index in [0.29, 0.717) is 13.2 Å². The van der Waals surface area contributed by atoms with Gasteiger partial charge in [0, 0.05) is 19.5 Å². The largest absolute Gasteiger partial charge is 0.389 e. The fourth-order valence-corrected chi connectivity index (χ4v) is 1.71. The van der Waals surface area contributed by atoms with Crippen molar-refractivity contribution >= 4 is 11.6 Å². The van der Waals surface area contributed by atoms with Crippen LogP contribution in [0.15, 0.2) is 0 Å². The zero-order chi connectivity index (χ0) is 11.5. The summed E-state index contributed by atoms with van der Waals surface area (Å²) in [5, 5.41) is 9.48. The van der Waals surface area contributed by atoms with E-state index < -0.39 is 0 Å². The molecular formula is C11H24ClNO2. The highest BCUT2D eigenvalue weighted by atomic mass is 35.5. The van der Waals surface area contributed by atoms with Gasteiger partial charge < -0.3 is 14.7 Å². The molecule has 1 N–H and O–H groups in total. The minimum atomic E-state index is -0.372. The van der Waals surface area contributed by atoms with Crippen molar-refractivity contribution in [3.63, 3.8) is 0 Å². The van der Waals surface area contributed by atoms with E-state index in [-0.39, 0.29) is 6.10 Å². The highest BCUT2D eigenvalue weighted by molar-refractivity contribution is 6.17. The first-order chi connectivity index (χ1) is 7.20. The van der Waals surface area contributed by atoms with Gasteiger partial charge in [0.15, 0.2) is 0 Å². The Balaban J connectivity index is 3.28. The Labute approximate surface area is 98.4 Å². The highest BCUT2D eigenvalue weighted by Crippen LogP contribution is 2.02. The van der Waals surface area contributed by atoms with E-state index in [9.17, 15) is 5.11 Å². The van der Waals surface area contributed by atoms with Crippen LogP contribution in [-0.4, -0.2) is 55.8 Å². The quantitative estimate of drug-likeness (QED) is 0.464. The summed E-state index contributed by atoms with van der Waals surface area (Å²) in [5.74, 6) is 0.766. The third-order valence-electron chi connectivity index (χ3n) is 2.30. The molecule has 0 bridgehead atoms. The lowest BCUT2D eigenvalue weighted by molar-refractivity contribution is 0.0430. The molecule has 15 heavy (non-hydrogen) atoms. The lowest BCUT2D eigenvalue weighted by Gasteiger charge is -2.19. The van der Waals surface area contributed by atoms with E-state index in [2.05, 4.69) is 4.90 Å². The summed E-state index contributed by atoms with van der Waals surface area (Å²) in [5.41, 5.74) is 0. The first-order valence-corrected chi connectivity index (χ1v) is 6.15. The molecule has 0 radical (unpaired) electrons. The van der Waals surface area contributed by atoms with Crippen molar-refractivity contribution in [2.75, 3.05) is 39.7 Å². The van der Waals surface area contributed by atoms with Gasteiger partial charge in [-0.25, -0.2) is 0 Å². The smallest absolute Gasteiger partial charge is 0.0899 e. The number of methoxy groups -OCH3 is 1. The maximum absolute atomic E-state index is 9.48. The van der Waals surface area contributed by atoms with Gasteiger partial charge in [-0.1, -0.05) is 12.8 Å². The van der Waals surface area contributed by atoms with E-state index >= 15 is 0 Å². The fraction of sp³-hybridized carbons (Fsp3) is 1.00. The third kappa shape index (κ3) is 10.5. The number of hydrogen-bond donors (Lipinski definition) is 1. The van der Waals surface area contributed by atoms with Crippen molar-refractivity contribution in [3.8, 4) is 0 Å². The summed E-state index contributed by atoms with van der Waals surface area (Å²) in [7, 11) is 3.63. The second kappa shape index (κ2) is 10.7. The number of likely N-dealkylation sites (N-methyl/N-ethyl adjacent to an activating group) is 1. The van der Waals surface area contributed by atoms with Crippen LogP contribution >= 0.6 is 11.6 Å². The van der Waals surface area contributed by atoms with Crippen molar-refractivity contribution < 1.29 is 9.84 Å². The van der Waals surface area contributed by atoms with Gasteiger partial charge in [0.1, 0.15) is 0 Å². The van der Waals surface area contributed by atoms with Crippen LogP contribution in [0.5, 0.6) is 0 Å². The summed E-state index contributed by atoms with van der Waals surface area (Å²) in [6.45, 7) is 2.13. The molecule has 0 aliphatic heterocycles. The minimum Gasteiger partial charge on any atom is -0.389 e. The van der Waals surface area contributed by atoms with E-state index in [1.54, 1.807) is 7.11 Å². The Morgan fingerprint density at radius 2 is 1.93 bits per heavy atom. The average Bonchev–Trinajstić information content (AvgIpc) is 2.17. The summed E-state index contributed by atoms with van der Waals surface area (Å²) in [4.78, 5) is 2.14. The molecule has 92 valence electrons. The molecule has 0 saturated carbocycles. The molecule has 0 rings (SSSR count). The maximum Gasteiger partial charge on any atom is 0.0899 e. The number of halogens is 1. The Kier molecular flexibility index (Phi) is 10.8. The molecule has 1 atom stereocenters. The monoisotopic (exact) mass is 237 g/mol. The van der Waals surface area contributed by atoms with Crippen LogP contribution in [0.2, 0.25) is 0 Å². The number of rotatable bonds is 10. The van der Waals surface area contributed by atoms with E-state index in [4.69, 9.17) is 16.3 Å². The number of nitrogens with zero attached hydrogens (tertiary/aromatic N) is 1. The predicted molar refractivity (Wildman–Crippen MR) is 64.6 cm³/mol. The first-order valence-electron chi connectivity index (χ1n) is 5.62. The topological polar surface area (TPSA) is 32.7 Å². The molecule has 3 nitrogen and oxygen atoms in total. The van der Waals surface area contributed by atoms with Gasteiger partial charge in [-0.3, -0.25) is 0 Å². The lowest BCUT2D eigenvalue weighted by atomic mass is 10.2. The highest BCUT2D eigenvalue weighted by Gasteiger charge is 2.06. The minimum absolute atomic E-state index is 0.372. The van der Waals surface area contributed by atoms with E-state index in [1.807, 2.05) is 7.05 Å². The van der Waals surface area contributed by atoms with Gasteiger partial charge in [0.25, 0.3) is 0 Å². The molecule has 0 aliphatic rings. The van der Waals surface area contributed by atoms with Crippen LogP contribution in [0.1, 0.15) is 25.7 Å². The van der Waals surface area contributed by atoms with Crippen molar-refractivity contribution in [3.05, 3.63) is 0 Å². The maximum atomic E-state index is 9.48. The van der Waals surface area contributed by atoms with Crippen molar-refractivity contribution in [1.29, 1.82) is 0 Å². The zero-order valence-electron chi connectivity index (χ0n) is 9.91. The van der Waals surface area contributed by atoms with E-state index in [0.717, 1.165) is 18.8 Å². The van der Waals surface area contributed by atoms with Crippen LogP contribution in [0.3, 0.4) is 0 Å². The van der Waals surface area contributed by atoms with Gasteiger partial charge in [0.2, 0.25) is 0 Å². The molecule has 0 aromatic heterocycles. The summed E-state index contributed by atoms with van der Waals surface area (Å²) in [6.07, 6.45) is 4.34. The number of ether oxygens (including phenoxy) is 1. The van der Waals surface area contributed by atoms with E-state index in [1.165, 1.54) is 19.3 Å². The number of alkyl halides is 1. The lowest BCUT2D eigenvalue weighted by Crippen LogP contribution is -2.32. The van der Waals surface area contributed by atoms with Gasteiger partial charge in [-0.2, -0.15) is 0 Å². The summed E-state index contributed by atoms with van der Waals surface area (Å²) < 4.78 is 4.87. The Morgan fingerprint density at radius 3 is 2.53 bits per heavy atom. The first kappa shape index (κ1) is 15.2. The van der Waals surface area contributed by atoms with Gasteiger partial charge in [-0.05, 0) is 26.4 Å². The Bertz CT molecular complexity index is 136. The SMILES string of the molecule is COCC(O)CN(C)CCCCCCCl. The van der Waals surface area contributed by atoms with Gasteiger partial charge in [0.05, 0.1) is 12.7 Å². The fourth-order valence-electron chi connectivity index (χ4n) is 1.53. The van der Waals surface area contributed by atoms with Crippen molar-refractivity contribution in [2.24, 2.45) is 0 Å². The molecule has 0 amide bonds. The molecule has 0 aromatic rings. The Hall–Kier alpha value is 0.170. The number of aliphatic hydroxyl groups is 1. The average molecular weight is 238 g/mol. The third-order valence-corrected chi connectivity index (χ3v) is 2.57. The number of hydrogen-bond acceptors (Lipinski definition) is 3. The van der Waals surface area contributed by atoms with Crippen molar-refractivity contribution in [2.45, 2.75) is 31.8 Å². The molecule has 0 aliphatic carbocycles. The van der Waals surface area contributed by atoms with Crippen LogP contribution in [0, 0.1) is 0 Å². The van der Waals surface area contributed by atoms with Crippen LogP contribution in [0.25, 0.3) is 0 Å². The molecule has 0 fully saturated rings. The summed E-state index contributed by atoms with van der Waals surface area (Å²) >= 11 is 5.59. The Morgan fingerprint density at radius 1 is 1.27 bits per heavy atom. The molecule has 0 aromatic carbocycles. The van der Waals surface area contributed by atoms with Crippen molar-refractivity contribution in [1.82, 2.24) is 4.90 Å². The van der Waals surface area contributed by atoms with Crippen LogP contribution < -0.4 is 0 Å². The molecule has 0 heterocycles. The molecule has 4 heteroatoms. The summed E-state index contributed by atoms with van der Waals surface area (Å²) in [6, 6.07) is 0. The van der Waals surface area contributed by atoms with Crippen LogP contribution in [-0.2, 0) is 4.74 Å². The second-order valence-corrected chi connectivity index (χ2v) is 4.35. The molecule has 0 spiro atoms. The normalized spacial score (nSPS) is 13.4. The number of unbranched alkanes of at least 4 members (excludes halogenated alkanes) is 3.